The smallest absolute Gasteiger partial charge is 0.317 e. The lowest BCUT2D eigenvalue weighted by Gasteiger charge is -2.23. The van der Waals surface area contributed by atoms with Crippen molar-refractivity contribution >= 4 is 12.0 Å². The molecule has 3 atom stereocenters. The summed E-state index contributed by atoms with van der Waals surface area (Å²) in [5, 5.41) is 11.6. The van der Waals surface area contributed by atoms with Gasteiger partial charge in [0.1, 0.15) is 0 Å². The normalized spacial score (nSPS) is 24.9. The lowest BCUT2D eigenvalue weighted by molar-refractivity contribution is -0.138. The standard InChI is InChI=1S/C13H24N2O3/c1-4-11(6-12(16)17)7-14-13(18)15-8-9(2)5-10(15)3/h9-11H,4-8H2,1-3H3,(H,14,18)(H,16,17). The van der Waals surface area contributed by atoms with Crippen LogP contribution in [0.4, 0.5) is 4.79 Å². The number of urea groups is 1. The van der Waals surface area contributed by atoms with Gasteiger partial charge < -0.3 is 15.3 Å². The van der Waals surface area contributed by atoms with Gasteiger partial charge in [-0.05, 0) is 25.2 Å². The molecule has 0 aromatic heterocycles. The highest BCUT2D eigenvalue weighted by molar-refractivity contribution is 5.75. The van der Waals surface area contributed by atoms with E-state index >= 15 is 0 Å². The summed E-state index contributed by atoms with van der Waals surface area (Å²) in [5.41, 5.74) is 0. The molecule has 5 heteroatoms. The van der Waals surface area contributed by atoms with E-state index in [1.165, 1.54) is 0 Å². The Labute approximate surface area is 109 Å². The van der Waals surface area contributed by atoms with Gasteiger partial charge >= 0.3 is 12.0 Å². The second-order valence-electron chi connectivity index (χ2n) is 5.40. The summed E-state index contributed by atoms with van der Waals surface area (Å²) in [7, 11) is 0. The summed E-state index contributed by atoms with van der Waals surface area (Å²) in [6.07, 6.45) is 1.92. The van der Waals surface area contributed by atoms with E-state index in [2.05, 4.69) is 19.2 Å². The van der Waals surface area contributed by atoms with Crippen molar-refractivity contribution in [3.8, 4) is 0 Å². The molecule has 1 heterocycles. The van der Waals surface area contributed by atoms with Crippen molar-refractivity contribution in [2.45, 2.75) is 46.1 Å². The third-order valence-corrected chi connectivity index (χ3v) is 3.63. The molecule has 1 fully saturated rings. The Balaban J connectivity index is 2.38. The molecule has 0 aromatic rings. The topological polar surface area (TPSA) is 69.6 Å². The van der Waals surface area contributed by atoms with Gasteiger partial charge in [0.15, 0.2) is 0 Å². The monoisotopic (exact) mass is 256 g/mol. The Morgan fingerprint density at radius 2 is 2.11 bits per heavy atom. The molecule has 2 amide bonds. The van der Waals surface area contributed by atoms with Crippen molar-refractivity contribution in [1.29, 1.82) is 0 Å². The van der Waals surface area contributed by atoms with E-state index < -0.39 is 5.97 Å². The van der Waals surface area contributed by atoms with E-state index in [0.717, 1.165) is 19.4 Å². The maximum atomic E-state index is 12.0. The first-order valence-corrected chi connectivity index (χ1v) is 6.70. The van der Waals surface area contributed by atoms with Crippen LogP contribution in [0.25, 0.3) is 0 Å². The maximum absolute atomic E-state index is 12.0. The summed E-state index contributed by atoms with van der Waals surface area (Å²) in [6.45, 7) is 7.38. The quantitative estimate of drug-likeness (QED) is 0.789. The second kappa shape index (κ2) is 6.61. The van der Waals surface area contributed by atoms with Crippen LogP contribution in [-0.2, 0) is 4.79 Å². The molecule has 2 N–H and O–H groups in total. The first-order chi connectivity index (χ1) is 8.43. The van der Waals surface area contributed by atoms with Crippen LogP contribution in [0.15, 0.2) is 0 Å². The molecule has 3 unspecified atom stereocenters. The number of amides is 2. The minimum Gasteiger partial charge on any atom is -0.481 e. The van der Waals surface area contributed by atoms with E-state index in [1.54, 1.807) is 0 Å². The first kappa shape index (κ1) is 14.8. The van der Waals surface area contributed by atoms with Gasteiger partial charge in [-0.15, -0.1) is 0 Å². The number of carbonyl (C=O) groups is 2. The summed E-state index contributed by atoms with van der Waals surface area (Å²) in [5.74, 6) is -0.243. The van der Waals surface area contributed by atoms with Crippen molar-refractivity contribution in [2.75, 3.05) is 13.1 Å². The zero-order valence-corrected chi connectivity index (χ0v) is 11.5. The number of hydrogen-bond acceptors (Lipinski definition) is 2. The molecular formula is C13H24N2O3. The Morgan fingerprint density at radius 3 is 2.56 bits per heavy atom. The number of hydrogen-bond donors (Lipinski definition) is 2. The number of likely N-dealkylation sites (tertiary alicyclic amines) is 1. The largest absolute Gasteiger partial charge is 0.481 e. The number of carbonyl (C=O) groups excluding carboxylic acids is 1. The van der Waals surface area contributed by atoms with Gasteiger partial charge in [0.25, 0.3) is 0 Å². The van der Waals surface area contributed by atoms with Gasteiger partial charge in [0.2, 0.25) is 0 Å². The highest BCUT2D eigenvalue weighted by Gasteiger charge is 2.29. The number of nitrogens with one attached hydrogen (secondary N) is 1. The summed E-state index contributed by atoms with van der Waals surface area (Å²) in [4.78, 5) is 24.5. The number of rotatable bonds is 5. The molecule has 5 nitrogen and oxygen atoms in total. The van der Waals surface area contributed by atoms with Gasteiger partial charge in [-0.1, -0.05) is 20.3 Å². The van der Waals surface area contributed by atoms with Gasteiger partial charge in [-0.2, -0.15) is 0 Å². The minimum absolute atomic E-state index is 0.0155. The molecule has 0 aliphatic carbocycles. The van der Waals surface area contributed by atoms with Crippen molar-refractivity contribution in [3.05, 3.63) is 0 Å². The molecule has 0 radical (unpaired) electrons. The number of nitrogens with zero attached hydrogens (tertiary/aromatic N) is 1. The van der Waals surface area contributed by atoms with E-state index in [4.69, 9.17) is 5.11 Å². The molecule has 0 aromatic carbocycles. The maximum Gasteiger partial charge on any atom is 0.317 e. The molecule has 104 valence electrons. The third kappa shape index (κ3) is 4.20. The third-order valence-electron chi connectivity index (χ3n) is 3.63. The van der Waals surface area contributed by atoms with Crippen molar-refractivity contribution in [3.63, 3.8) is 0 Å². The molecule has 1 aliphatic heterocycles. The first-order valence-electron chi connectivity index (χ1n) is 6.70. The molecule has 1 aliphatic rings. The highest BCUT2D eigenvalue weighted by atomic mass is 16.4. The fraction of sp³-hybridized carbons (Fsp3) is 0.846. The Hall–Kier alpha value is -1.26. The highest BCUT2D eigenvalue weighted by Crippen LogP contribution is 2.22. The van der Waals surface area contributed by atoms with Crippen LogP contribution >= 0.6 is 0 Å². The van der Waals surface area contributed by atoms with E-state index in [1.807, 2.05) is 11.8 Å². The van der Waals surface area contributed by atoms with Gasteiger partial charge in [0, 0.05) is 25.6 Å². The average molecular weight is 256 g/mol. The molecule has 1 rings (SSSR count). The zero-order valence-electron chi connectivity index (χ0n) is 11.5. The Morgan fingerprint density at radius 1 is 1.44 bits per heavy atom. The Bertz CT molecular complexity index is 307. The number of carboxylic acid groups (broad SMARTS) is 1. The molecule has 1 saturated heterocycles. The fourth-order valence-electron chi connectivity index (χ4n) is 2.52. The van der Waals surface area contributed by atoms with E-state index in [9.17, 15) is 9.59 Å². The molecular weight excluding hydrogens is 232 g/mol. The van der Waals surface area contributed by atoms with E-state index in [-0.39, 0.29) is 24.4 Å². The number of carboxylic acids is 1. The predicted octanol–water partition coefficient (Wildman–Crippen LogP) is 1.93. The Kier molecular flexibility index (Phi) is 5.44. The van der Waals surface area contributed by atoms with Crippen LogP contribution in [0.2, 0.25) is 0 Å². The summed E-state index contributed by atoms with van der Waals surface area (Å²) in [6, 6.07) is 0.218. The van der Waals surface area contributed by atoms with Crippen LogP contribution < -0.4 is 5.32 Å². The van der Waals surface area contributed by atoms with Crippen LogP contribution in [0, 0.1) is 11.8 Å². The molecule has 0 saturated carbocycles. The van der Waals surface area contributed by atoms with Crippen molar-refractivity contribution < 1.29 is 14.7 Å². The predicted molar refractivity (Wildman–Crippen MR) is 69.4 cm³/mol. The summed E-state index contributed by atoms with van der Waals surface area (Å²) < 4.78 is 0. The fourth-order valence-corrected chi connectivity index (χ4v) is 2.52. The van der Waals surface area contributed by atoms with Gasteiger partial charge in [-0.3, -0.25) is 4.79 Å². The molecule has 18 heavy (non-hydrogen) atoms. The minimum atomic E-state index is -0.806. The van der Waals surface area contributed by atoms with Crippen LogP contribution in [0.5, 0.6) is 0 Å². The van der Waals surface area contributed by atoms with Crippen LogP contribution in [0.3, 0.4) is 0 Å². The lowest BCUT2D eigenvalue weighted by Crippen LogP contribution is -2.43. The van der Waals surface area contributed by atoms with Crippen LogP contribution in [-0.4, -0.2) is 41.1 Å². The van der Waals surface area contributed by atoms with E-state index in [0.29, 0.717) is 12.5 Å². The average Bonchev–Trinajstić information content (AvgIpc) is 2.62. The van der Waals surface area contributed by atoms with Gasteiger partial charge in [0.05, 0.1) is 0 Å². The zero-order chi connectivity index (χ0) is 13.7. The molecule has 0 bridgehead atoms. The second-order valence-corrected chi connectivity index (χ2v) is 5.40. The van der Waals surface area contributed by atoms with Crippen LogP contribution in [0.1, 0.15) is 40.0 Å². The lowest BCUT2D eigenvalue weighted by atomic mass is 10.0. The SMILES string of the molecule is CCC(CNC(=O)N1CC(C)CC1C)CC(=O)O. The van der Waals surface area contributed by atoms with Crippen molar-refractivity contribution in [2.24, 2.45) is 11.8 Å². The molecule has 0 spiro atoms. The number of aliphatic carboxylic acids is 1. The van der Waals surface area contributed by atoms with Crippen molar-refractivity contribution in [1.82, 2.24) is 10.2 Å². The van der Waals surface area contributed by atoms with Gasteiger partial charge in [-0.25, -0.2) is 4.79 Å². The summed E-state index contributed by atoms with van der Waals surface area (Å²) >= 11 is 0.